The van der Waals surface area contributed by atoms with Crippen LogP contribution in [0.3, 0.4) is 0 Å². The van der Waals surface area contributed by atoms with Crippen LogP contribution in [0.15, 0.2) is 12.1 Å². The number of hydrogen-bond acceptors (Lipinski definition) is 5. The summed E-state index contributed by atoms with van der Waals surface area (Å²) in [6.07, 6.45) is 4.51. The van der Waals surface area contributed by atoms with Crippen LogP contribution in [0.2, 0.25) is 0 Å². The first-order chi connectivity index (χ1) is 10.2. The van der Waals surface area contributed by atoms with Crippen LogP contribution in [-0.4, -0.2) is 42.2 Å². The molecule has 0 unspecified atom stereocenters. The van der Waals surface area contributed by atoms with E-state index in [2.05, 4.69) is 29.0 Å². The number of nitrogens with zero attached hydrogens (tertiary/aromatic N) is 2. The van der Waals surface area contributed by atoms with Gasteiger partial charge in [0.05, 0.1) is 12.3 Å². The van der Waals surface area contributed by atoms with Gasteiger partial charge in [-0.3, -0.25) is 0 Å². The van der Waals surface area contributed by atoms with Crippen molar-refractivity contribution in [3.8, 4) is 5.88 Å². The molecule has 1 saturated heterocycles. The molecule has 1 aromatic rings. The highest BCUT2D eigenvalue weighted by Crippen LogP contribution is 2.23. The maximum absolute atomic E-state index is 5.89. The Morgan fingerprint density at radius 1 is 1.29 bits per heavy atom. The molecule has 1 aliphatic rings. The van der Waals surface area contributed by atoms with Gasteiger partial charge in [-0.05, 0) is 44.4 Å². The molecule has 21 heavy (non-hydrogen) atoms. The molecular formula is C16H28N4O. The van der Waals surface area contributed by atoms with Crippen LogP contribution >= 0.6 is 0 Å². The van der Waals surface area contributed by atoms with Crippen LogP contribution in [0.25, 0.3) is 0 Å². The number of nitrogens with two attached hydrogens (primary N) is 1. The van der Waals surface area contributed by atoms with Crippen molar-refractivity contribution in [2.75, 3.05) is 37.3 Å². The number of nitrogens with one attached hydrogen (secondary N) is 1. The molecular weight excluding hydrogens is 264 g/mol. The molecule has 3 N–H and O–H groups in total. The van der Waals surface area contributed by atoms with E-state index < -0.39 is 0 Å². The highest BCUT2D eigenvalue weighted by molar-refractivity contribution is 5.53. The summed E-state index contributed by atoms with van der Waals surface area (Å²) in [6, 6.07) is 4.30. The van der Waals surface area contributed by atoms with Crippen molar-refractivity contribution in [1.29, 1.82) is 0 Å². The van der Waals surface area contributed by atoms with Gasteiger partial charge in [0.1, 0.15) is 5.82 Å². The Balaban J connectivity index is 1.88. The van der Waals surface area contributed by atoms with E-state index in [9.17, 15) is 0 Å². The van der Waals surface area contributed by atoms with Gasteiger partial charge in [-0.2, -0.15) is 4.98 Å². The lowest BCUT2D eigenvalue weighted by atomic mass is 10.0. The number of pyridine rings is 1. The molecule has 1 aliphatic heterocycles. The zero-order chi connectivity index (χ0) is 15.1. The van der Waals surface area contributed by atoms with Gasteiger partial charge >= 0.3 is 0 Å². The normalized spacial score (nSPS) is 16.9. The largest absolute Gasteiger partial charge is 0.476 e. The van der Waals surface area contributed by atoms with Crippen molar-refractivity contribution in [3.63, 3.8) is 0 Å². The number of hydrogen-bond donors (Lipinski definition) is 2. The number of aromatic nitrogens is 1. The van der Waals surface area contributed by atoms with Crippen LogP contribution in [0.4, 0.5) is 11.5 Å². The lowest BCUT2D eigenvalue weighted by Crippen LogP contribution is -2.39. The Hall–Kier alpha value is -1.49. The van der Waals surface area contributed by atoms with Crippen molar-refractivity contribution in [3.05, 3.63) is 12.1 Å². The molecule has 0 bridgehead atoms. The molecule has 5 nitrogen and oxygen atoms in total. The maximum Gasteiger partial charge on any atom is 0.239 e. The first-order valence-electron chi connectivity index (χ1n) is 8.11. The Morgan fingerprint density at radius 3 is 2.71 bits per heavy atom. The van der Waals surface area contributed by atoms with Crippen LogP contribution in [0, 0.1) is 0 Å². The van der Waals surface area contributed by atoms with Crippen molar-refractivity contribution >= 4 is 11.5 Å². The summed E-state index contributed by atoms with van der Waals surface area (Å²) in [5.41, 5.74) is 6.50. The summed E-state index contributed by atoms with van der Waals surface area (Å²) in [5, 5.41) is 3.51. The summed E-state index contributed by atoms with van der Waals surface area (Å²) in [6.45, 7) is 8.50. The molecule has 0 aromatic carbocycles. The zero-order valence-electron chi connectivity index (χ0n) is 13.3. The Morgan fingerprint density at radius 2 is 2.05 bits per heavy atom. The average Bonchev–Trinajstić information content (AvgIpc) is 2.50. The van der Waals surface area contributed by atoms with Gasteiger partial charge in [-0.15, -0.1) is 0 Å². The molecule has 0 saturated carbocycles. The highest BCUT2D eigenvalue weighted by atomic mass is 16.5. The molecule has 5 heteroatoms. The Labute approximate surface area is 127 Å². The third-order valence-electron chi connectivity index (χ3n) is 3.81. The molecule has 0 radical (unpaired) electrons. The molecule has 0 amide bonds. The van der Waals surface area contributed by atoms with Crippen LogP contribution in [0.1, 0.15) is 39.5 Å². The standard InChI is InChI=1S/C16H28N4O/c1-3-9-20-10-7-13(8-11-20)18-15-6-5-14(17)16(19-15)21-12-4-2/h5-6,13H,3-4,7-12,17H2,1-2H3,(H,18,19). The van der Waals surface area contributed by atoms with E-state index in [1.54, 1.807) is 0 Å². The fourth-order valence-corrected chi connectivity index (χ4v) is 2.67. The van der Waals surface area contributed by atoms with E-state index in [0.717, 1.165) is 25.1 Å². The van der Waals surface area contributed by atoms with Crippen LogP contribution < -0.4 is 15.8 Å². The van der Waals surface area contributed by atoms with Crippen LogP contribution in [0.5, 0.6) is 5.88 Å². The second-order valence-electron chi connectivity index (χ2n) is 5.70. The minimum atomic E-state index is 0.494. The zero-order valence-corrected chi connectivity index (χ0v) is 13.3. The smallest absolute Gasteiger partial charge is 0.239 e. The predicted octanol–water partition coefficient (Wildman–Crippen LogP) is 2.74. The van der Waals surface area contributed by atoms with Gasteiger partial charge in [0, 0.05) is 19.1 Å². The SMILES string of the molecule is CCCOc1nc(NC2CCN(CCC)CC2)ccc1N. The first-order valence-corrected chi connectivity index (χ1v) is 8.11. The summed E-state index contributed by atoms with van der Waals surface area (Å²) < 4.78 is 5.58. The van der Waals surface area contributed by atoms with Gasteiger partial charge in [-0.25, -0.2) is 0 Å². The third-order valence-corrected chi connectivity index (χ3v) is 3.81. The summed E-state index contributed by atoms with van der Waals surface area (Å²) in [4.78, 5) is 7.02. The second-order valence-corrected chi connectivity index (χ2v) is 5.70. The van der Waals surface area contributed by atoms with E-state index in [-0.39, 0.29) is 0 Å². The van der Waals surface area contributed by atoms with Crippen LogP contribution in [-0.2, 0) is 0 Å². The Bertz CT molecular complexity index is 430. The minimum absolute atomic E-state index is 0.494. The molecule has 1 fully saturated rings. The first kappa shape index (κ1) is 15.9. The number of ether oxygens (including phenoxy) is 1. The Kier molecular flexibility index (Phi) is 6.11. The third kappa shape index (κ3) is 4.77. The van der Waals surface area contributed by atoms with Gasteiger partial charge in [0.15, 0.2) is 0 Å². The quantitative estimate of drug-likeness (QED) is 0.809. The number of rotatable bonds is 7. The molecule has 0 spiro atoms. The van der Waals surface area contributed by atoms with Crippen molar-refractivity contribution in [2.45, 2.75) is 45.6 Å². The topological polar surface area (TPSA) is 63.4 Å². The van der Waals surface area contributed by atoms with E-state index in [4.69, 9.17) is 10.5 Å². The molecule has 2 rings (SSSR count). The summed E-state index contributed by atoms with van der Waals surface area (Å²) in [7, 11) is 0. The fourth-order valence-electron chi connectivity index (χ4n) is 2.67. The summed E-state index contributed by atoms with van der Waals surface area (Å²) in [5.74, 6) is 1.41. The van der Waals surface area contributed by atoms with Gasteiger partial charge in [-0.1, -0.05) is 13.8 Å². The predicted molar refractivity (Wildman–Crippen MR) is 87.8 cm³/mol. The maximum atomic E-state index is 5.89. The summed E-state index contributed by atoms with van der Waals surface area (Å²) >= 11 is 0. The minimum Gasteiger partial charge on any atom is -0.476 e. The van der Waals surface area contributed by atoms with Crippen molar-refractivity contribution < 1.29 is 4.74 Å². The van der Waals surface area contributed by atoms with E-state index in [1.807, 2.05) is 12.1 Å². The molecule has 0 aliphatic carbocycles. The average molecular weight is 292 g/mol. The van der Waals surface area contributed by atoms with E-state index in [1.165, 1.54) is 26.1 Å². The van der Waals surface area contributed by atoms with Crippen molar-refractivity contribution in [2.24, 2.45) is 0 Å². The molecule has 118 valence electrons. The number of piperidine rings is 1. The molecule has 1 aromatic heterocycles. The number of likely N-dealkylation sites (tertiary alicyclic amines) is 1. The van der Waals surface area contributed by atoms with Gasteiger partial charge in [0.25, 0.3) is 0 Å². The van der Waals surface area contributed by atoms with E-state index >= 15 is 0 Å². The lowest BCUT2D eigenvalue weighted by molar-refractivity contribution is 0.219. The molecule has 0 atom stereocenters. The van der Waals surface area contributed by atoms with Crippen molar-refractivity contribution in [1.82, 2.24) is 9.88 Å². The van der Waals surface area contributed by atoms with Gasteiger partial charge in [0.2, 0.25) is 5.88 Å². The lowest BCUT2D eigenvalue weighted by Gasteiger charge is -2.32. The van der Waals surface area contributed by atoms with E-state index in [0.29, 0.717) is 24.2 Å². The van der Waals surface area contributed by atoms with Gasteiger partial charge < -0.3 is 20.7 Å². The number of nitrogen functional groups attached to an aromatic ring is 1. The highest BCUT2D eigenvalue weighted by Gasteiger charge is 2.18. The fraction of sp³-hybridized carbons (Fsp3) is 0.688. The molecule has 2 heterocycles. The monoisotopic (exact) mass is 292 g/mol. The number of anilines is 2. The second kappa shape index (κ2) is 8.08.